The molecule has 0 aliphatic carbocycles. The van der Waals surface area contributed by atoms with Crippen molar-refractivity contribution >= 4 is 23.4 Å². The summed E-state index contributed by atoms with van der Waals surface area (Å²) >= 11 is 7.51. The van der Waals surface area contributed by atoms with Gasteiger partial charge in [0.05, 0.1) is 22.2 Å². The van der Waals surface area contributed by atoms with Crippen molar-refractivity contribution in [2.45, 2.75) is 24.2 Å². The number of alkyl halides is 3. The van der Waals surface area contributed by atoms with Crippen molar-refractivity contribution in [3.05, 3.63) is 64.7 Å². The molecule has 0 aliphatic heterocycles. The van der Waals surface area contributed by atoms with E-state index in [9.17, 15) is 13.2 Å². The minimum absolute atomic E-state index is 0.0550. The Morgan fingerprint density at radius 1 is 1.15 bits per heavy atom. The van der Waals surface area contributed by atoms with Gasteiger partial charge in [-0.3, -0.25) is 9.55 Å². The number of nitrogens with zero attached hydrogens (tertiary/aromatic N) is 4. The minimum Gasteiger partial charge on any atom is -0.273 e. The van der Waals surface area contributed by atoms with Gasteiger partial charge >= 0.3 is 6.18 Å². The first kappa shape index (κ1) is 18.7. The van der Waals surface area contributed by atoms with Crippen molar-refractivity contribution in [2.75, 3.05) is 6.26 Å². The van der Waals surface area contributed by atoms with Gasteiger partial charge in [-0.15, -0.1) is 10.2 Å². The molecule has 26 heavy (non-hydrogen) atoms. The van der Waals surface area contributed by atoms with Gasteiger partial charge in [-0.25, -0.2) is 0 Å². The van der Waals surface area contributed by atoms with E-state index in [-0.39, 0.29) is 5.02 Å². The summed E-state index contributed by atoms with van der Waals surface area (Å²) in [6.45, 7) is 1.79. The van der Waals surface area contributed by atoms with E-state index >= 15 is 0 Å². The Balaban J connectivity index is 2.07. The summed E-state index contributed by atoms with van der Waals surface area (Å²) < 4.78 is 40.3. The Morgan fingerprint density at radius 3 is 2.42 bits per heavy atom. The van der Waals surface area contributed by atoms with Crippen LogP contribution in [0.2, 0.25) is 5.02 Å². The fraction of sp³-hybridized carbons (Fsp3) is 0.235. The number of benzene rings is 1. The van der Waals surface area contributed by atoms with Crippen LogP contribution >= 0.6 is 23.4 Å². The molecule has 4 nitrogen and oxygen atoms in total. The summed E-state index contributed by atoms with van der Waals surface area (Å²) in [5, 5.41) is 9.01. The number of para-hydroxylation sites is 1. The maximum Gasteiger partial charge on any atom is 0.417 e. The van der Waals surface area contributed by atoms with Crippen LogP contribution in [0, 0.1) is 0 Å². The molecule has 1 aromatic carbocycles. The fourth-order valence-electron chi connectivity index (χ4n) is 2.56. The zero-order valence-electron chi connectivity index (χ0n) is 13.8. The summed E-state index contributed by atoms with van der Waals surface area (Å²) in [6.07, 6.45) is -1.83. The van der Waals surface area contributed by atoms with Gasteiger partial charge in [0, 0.05) is 11.9 Å². The quantitative estimate of drug-likeness (QED) is 0.566. The van der Waals surface area contributed by atoms with E-state index in [1.165, 1.54) is 11.8 Å². The zero-order valence-corrected chi connectivity index (χ0v) is 15.4. The van der Waals surface area contributed by atoms with Crippen LogP contribution in [0.3, 0.4) is 0 Å². The highest BCUT2D eigenvalue weighted by molar-refractivity contribution is 7.98. The van der Waals surface area contributed by atoms with E-state index in [2.05, 4.69) is 15.2 Å². The number of pyridine rings is 1. The molecule has 0 amide bonds. The van der Waals surface area contributed by atoms with E-state index in [1.807, 2.05) is 41.2 Å². The Morgan fingerprint density at radius 2 is 1.85 bits per heavy atom. The summed E-state index contributed by atoms with van der Waals surface area (Å²) in [4.78, 5) is 3.95. The summed E-state index contributed by atoms with van der Waals surface area (Å²) in [7, 11) is 0. The molecule has 0 N–H and O–H groups in total. The molecule has 3 rings (SSSR count). The number of hydrogen-bond acceptors (Lipinski definition) is 4. The smallest absolute Gasteiger partial charge is 0.273 e. The number of hydrogen-bond donors (Lipinski definition) is 0. The predicted octanol–water partition coefficient (Wildman–Crippen LogP) is 5.21. The molecular formula is C17H14ClF3N4S. The first-order chi connectivity index (χ1) is 12.3. The Kier molecular flexibility index (Phi) is 5.24. The molecule has 0 radical (unpaired) electrons. The van der Waals surface area contributed by atoms with Crippen LogP contribution in [0.1, 0.15) is 29.9 Å². The normalized spacial score (nSPS) is 13.0. The lowest BCUT2D eigenvalue weighted by atomic mass is 10.0. The Bertz CT molecular complexity index is 912. The highest BCUT2D eigenvalue weighted by Crippen LogP contribution is 2.35. The Labute approximate surface area is 157 Å². The second-order valence-corrected chi connectivity index (χ2v) is 6.71. The average molecular weight is 399 g/mol. The van der Waals surface area contributed by atoms with Gasteiger partial charge in [0.25, 0.3) is 0 Å². The van der Waals surface area contributed by atoms with E-state index in [0.29, 0.717) is 16.7 Å². The van der Waals surface area contributed by atoms with Crippen LogP contribution in [-0.4, -0.2) is 26.0 Å². The van der Waals surface area contributed by atoms with Crippen molar-refractivity contribution in [3.8, 4) is 5.69 Å². The molecule has 136 valence electrons. The first-order valence-electron chi connectivity index (χ1n) is 7.60. The monoisotopic (exact) mass is 398 g/mol. The lowest BCUT2D eigenvalue weighted by molar-refractivity contribution is -0.137. The van der Waals surface area contributed by atoms with Crippen LogP contribution < -0.4 is 0 Å². The number of thioether (sulfide) groups is 1. The highest BCUT2D eigenvalue weighted by atomic mass is 35.5. The first-order valence-corrected chi connectivity index (χ1v) is 9.20. The van der Waals surface area contributed by atoms with Crippen LogP contribution in [0.4, 0.5) is 13.2 Å². The SMILES string of the molecule is CSc1nnc([C@H](C)c2ncc(C(F)(F)F)cc2Cl)n1-c1ccccc1. The van der Waals surface area contributed by atoms with Gasteiger partial charge in [0.2, 0.25) is 0 Å². The second-order valence-electron chi connectivity index (χ2n) is 5.53. The molecule has 0 unspecified atom stereocenters. The Hall–Kier alpha value is -2.06. The molecule has 0 saturated carbocycles. The topological polar surface area (TPSA) is 43.6 Å². The van der Waals surface area contributed by atoms with E-state index in [4.69, 9.17) is 11.6 Å². The van der Waals surface area contributed by atoms with Crippen LogP contribution in [-0.2, 0) is 6.18 Å². The van der Waals surface area contributed by atoms with Crippen LogP contribution in [0.5, 0.6) is 0 Å². The number of rotatable bonds is 4. The van der Waals surface area contributed by atoms with Gasteiger partial charge in [-0.05, 0) is 31.4 Å². The van der Waals surface area contributed by atoms with Gasteiger partial charge in [0.1, 0.15) is 5.82 Å². The fourth-order valence-corrected chi connectivity index (χ4v) is 3.39. The second kappa shape index (κ2) is 7.28. The molecular weight excluding hydrogens is 385 g/mol. The molecule has 0 spiro atoms. The largest absolute Gasteiger partial charge is 0.417 e. The lowest BCUT2D eigenvalue weighted by Crippen LogP contribution is -2.11. The van der Waals surface area contributed by atoms with E-state index < -0.39 is 17.7 Å². The molecule has 2 heterocycles. The van der Waals surface area contributed by atoms with Crippen LogP contribution in [0.15, 0.2) is 47.8 Å². The van der Waals surface area contributed by atoms with Gasteiger partial charge in [-0.2, -0.15) is 13.2 Å². The lowest BCUT2D eigenvalue weighted by Gasteiger charge is -2.16. The van der Waals surface area contributed by atoms with Gasteiger partial charge in [-0.1, -0.05) is 41.6 Å². The van der Waals surface area contributed by atoms with Gasteiger partial charge in [0.15, 0.2) is 5.16 Å². The highest BCUT2D eigenvalue weighted by Gasteiger charge is 2.32. The minimum atomic E-state index is -4.49. The molecule has 0 fully saturated rings. The van der Waals surface area contributed by atoms with E-state index in [1.54, 1.807) is 6.92 Å². The van der Waals surface area contributed by atoms with E-state index in [0.717, 1.165) is 18.0 Å². The number of halogens is 4. The summed E-state index contributed by atoms with van der Waals surface area (Å²) in [6, 6.07) is 10.4. The van der Waals surface area contributed by atoms with Crippen molar-refractivity contribution < 1.29 is 13.2 Å². The third kappa shape index (κ3) is 3.57. The molecule has 0 bridgehead atoms. The van der Waals surface area contributed by atoms with Gasteiger partial charge < -0.3 is 0 Å². The van der Waals surface area contributed by atoms with Crippen molar-refractivity contribution in [2.24, 2.45) is 0 Å². The van der Waals surface area contributed by atoms with Crippen molar-refractivity contribution in [1.82, 2.24) is 19.7 Å². The third-order valence-corrected chi connectivity index (χ3v) is 4.78. The average Bonchev–Trinajstić information content (AvgIpc) is 3.05. The molecule has 3 aromatic rings. The molecule has 0 aliphatic rings. The standard InChI is InChI=1S/C17H14ClF3N4S/c1-10(14-13(18)8-11(9-22-14)17(19,20)21)15-23-24-16(26-2)25(15)12-6-4-3-5-7-12/h3-10H,1-2H3/t10-/m1/s1. The molecule has 1 atom stereocenters. The molecule has 2 aromatic heterocycles. The maximum atomic E-state index is 12.8. The van der Waals surface area contributed by atoms with Crippen LogP contribution in [0.25, 0.3) is 5.69 Å². The molecule has 0 saturated heterocycles. The maximum absolute atomic E-state index is 12.8. The van der Waals surface area contributed by atoms with Crippen molar-refractivity contribution in [1.29, 1.82) is 0 Å². The third-order valence-electron chi connectivity index (χ3n) is 3.85. The zero-order chi connectivity index (χ0) is 18.9. The number of aromatic nitrogens is 4. The van der Waals surface area contributed by atoms with Crippen molar-refractivity contribution in [3.63, 3.8) is 0 Å². The predicted molar refractivity (Wildman–Crippen MR) is 94.9 cm³/mol. The molecule has 9 heteroatoms. The summed E-state index contributed by atoms with van der Waals surface area (Å²) in [5.74, 6) is 0.105. The summed E-state index contributed by atoms with van der Waals surface area (Å²) in [5.41, 5.74) is 0.288.